The van der Waals surface area contributed by atoms with E-state index in [-0.39, 0.29) is 6.17 Å². The van der Waals surface area contributed by atoms with Gasteiger partial charge in [0.2, 0.25) is 0 Å². The number of nitrogens with one attached hydrogen (secondary N) is 1. The van der Waals surface area contributed by atoms with Crippen LogP contribution in [0.25, 0.3) is 10.9 Å². The summed E-state index contributed by atoms with van der Waals surface area (Å²) in [5.74, 6) is 0. The summed E-state index contributed by atoms with van der Waals surface area (Å²) >= 11 is 0. The molecule has 1 heterocycles. The van der Waals surface area contributed by atoms with Crippen LogP contribution in [-0.2, 0) is 4.74 Å². The fourth-order valence-corrected chi connectivity index (χ4v) is 2.70. The molecule has 24 heavy (non-hydrogen) atoms. The summed E-state index contributed by atoms with van der Waals surface area (Å²) in [4.78, 5) is 12.3. The summed E-state index contributed by atoms with van der Waals surface area (Å²) in [5.41, 5.74) is 1.51. The first kappa shape index (κ1) is 16.1. The lowest BCUT2D eigenvalue weighted by atomic mass is 10.1. The first-order chi connectivity index (χ1) is 11.4. The van der Waals surface area contributed by atoms with Crippen molar-refractivity contribution in [3.63, 3.8) is 0 Å². The van der Waals surface area contributed by atoms with Crippen LogP contribution in [0.5, 0.6) is 0 Å². The van der Waals surface area contributed by atoms with Gasteiger partial charge < -0.3 is 9.30 Å². The van der Waals surface area contributed by atoms with Crippen LogP contribution in [0.4, 0.5) is 4.79 Å². The highest BCUT2D eigenvalue weighted by Gasteiger charge is 2.22. The molecule has 124 valence electrons. The van der Waals surface area contributed by atoms with Gasteiger partial charge in [-0.2, -0.15) is 0 Å². The molecule has 1 N–H and O–H groups in total. The van der Waals surface area contributed by atoms with Gasteiger partial charge in [0.25, 0.3) is 0 Å². The number of nitrogens with zero attached hydrogens (tertiary/aromatic N) is 1. The summed E-state index contributed by atoms with van der Waals surface area (Å²) in [5, 5.41) is 4.12. The zero-order chi connectivity index (χ0) is 17.2. The number of fused-ring (bicyclic) bond motifs is 1. The van der Waals surface area contributed by atoms with Gasteiger partial charge >= 0.3 is 6.09 Å². The second-order valence-electron chi connectivity index (χ2n) is 6.74. The lowest BCUT2D eigenvalue weighted by Crippen LogP contribution is -2.37. The zero-order valence-electron chi connectivity index (χ0n) is 14.2. The maximum atomic E-state index is 12.3. The zero-order valence-corrected chi connectivity index (χ0v) is 14.2. The van der Waals surface area contributed by atoms with Crippen LogP contribution < -0.4 is 5.32 Å². The number of benzene rings is 2. The van der Waals surface area contributed by atoms with Crippen molar-refractivity contribution in [2.24, 2.45) is 0 Å². The Morgan fingerprint density at radius 1 is 1.00 bits per heavy atom. The van der Waals surface area contributed by atoms with Crippen molar-refractivity contribution in [3.8, 4) is 0 Å². The molecule has 0 aliphatic rings. The average Bonchev–Trinajstić information content (AvgIpc) is 2.96. The van der Waals surface area contributed by atoms with Crippen molar-refractivity contribution in [1.82, 2.24) is 9.88 Å². The van der Waals surface area contributed by atoms with Crippen LogP contribution in [0.15, 0.2) is 66.9 Å². The van der Waals surface area contributed by atoms with Gasteiger partial charge in [0.05, 0.1) is 5.52 Å². The molecule has 0 fully saturated rings. The summed E-state index contributed by atoms with van der Waals surface area (Å²) in [6.07, 6.45) is 1.22. The highest BCUT2D eigenvalue weighted by atomic mass is 16.6. The lowest BCUT2D eigenvalue weighted by molar-refractivity contribution is 0.0496. The normalized spacial score (nSPS) is 12.8. The predicted octanol–water partition coefficient (Wildman–Crippen LogP) is 4.71. The molecule has 0 bridgehead atoms. The van der Waals surface area contributed by atoms with Gasteiger partial charge in [0.15, 0.2) is 0 Å². The third kappa shape index (κ3) is 3.59. The first-order valence-electron chi connectivity index (χ1n) is 8.04. The highest BCUT2D eigenvalue weighted by molar-refractivity contribution is 5.80. The largest absolute Gasteiger partial charge is 0.444 e. The standard InChI is InChI=1S/C20H22N2O2/c1-20(2,3)24-19(23)21-18(16-10-5-4-6-11-16)22-14-13-15-9-7-8-12-17(15)22/h4-14,18H,1-3H3,(H,21,23)/t18-/m1/s1. The summed E-state index contributed by atoms with van der Waals surface area (Å²) < 4.78 is 7.49. The highest BCUT2D eigenvalue weighted by Crippen LogP contribution is 2.24. The van der Waals surface area contributed by atoms with Gasteiger partial charge in [-0.25, -0.2) is 4.79 Å². The fourth-order valence-electron chi connectivity index (χ4n) is 2.70. The van der Waals surface area contributed by atoms with E-state index in [0.717, 1.165) is 16.5 Å². The van der Waals surface area contributed by atoms with Crippen LogP contribution in [-0.4, -0.2) is 16.3 Å². The molecule has 0 aliphatic heterocycles. The molecule has 4 nitrogen and oxygen atoms in total. The Balaban J connectivity index is 1.98. The number of carbonyl (C=O) groups excluding carboxylic acids is 1. The van der Waals surface area contributed by atoms with E-state index < -0.39 is 11.7 Å². The number of para-hydroxylation sites is 1. The number of alkyl carbamates (subject to hydrolysis) is 1. The minimum Gasteiger partial charge on any atom is -0.444 e. The molecule has 0 aliphatic carbocycles. The molecule has 3 rings (SSSR count). The molecular weight excluding hydrogens is 300 g/mol. The maximum absolute atomic E-state index is 12.3. The number of aromatic nitrogens is 1. The monoisotopic (exact) mass is 322 g/mol. The molecule has 0 saturated heterocycles. The summed E-state index contributed by atoms with van der Waals surface area (Å²) in [6, 6.07) is 20.0. The Morgan fingerprint density at radius 3 is 2.38 bits per heavy atom. The molecular formula is C20H22N2O2. The third-order valence-corrected chi connectivity index (χ3v) is 3.68. The Morgan fingerprint density at radius 2 is 1.67 bits per heavy atom. The lowest BCUT2D eigenvalue weighted by Gasteiger charge is -2.25. The van der Waals surface area contributed by atoms with Crippen LogP contribution in [0, 0.1) is 0 Å². The van der Waals surface area contributed by atoms with E-state index in [1.807, 2.05) is 81.6 Å². The van der Waals surface area contributed by atoms with Crippen molar-refractivity contribution in [3.05, 3.63) is 72.4 Å². The van der Waals surface area contributed by atoms with E-state index in [9.17, 15) is 4.79 Å². The Bertz CT molecular complexity index is 831. The smallest absolute Gasteiger partial charge is 0.409 e. The van der Waals surface area contributed by atoms with Gasteiger partial charge in [-0.3, -0.25) is 5.32 Å². The molecule has 0 saturated carbocycles. The van der Waals surface area contributed by atoms with Crippen molar-refractivity contribution in [2.45, 2.75) is 32.5 Å². The molecule has 2 aromatic carbocycles. The third-order valence-electron chi connectivity index (χ3n) is 3.68. The molecule has 1 aromatic heterocycles. The molecule has 4 heteroatoms. The Kier molecular flexibility index (Phi) is 4.30. The minimum atomic E-state index is -0.538. The molecule has 3 aromatic rings. The van der Waals surface area contributed by atoms with Crippen molar-refractivity contribution < 1.29 is 9.53 Å². The van der Waals surface area contributed by atoms with Crippen molar-refractivity contribution in [1.29, 1.82) is 0 Å². The van der Waals surface area contributed by atoms with E-state index in [0.29, 0.717) is 0 Å². The Labute approximate surface area is 142 Å². The van der Waals surface area contributed by atoms with Gasteiger partial charge in [-0.15, -0.1) is 0 Å². The van der Waals surface area contributed by atoms with E-state index in [1.165, 1.54) is 0 Å². The topological polar surface area (TPSA) is 43.3 Å². The second-order valence-corrected chi connectivity index (χ2v) is 6.74. The Hall–Kier alpha value is -2.75. The van der Waals surface area contributed by atoms with Gasteiger partial charge in [0, 0.05) is 6.20 Å². The number of rotatable bonds is 3. The van der Waals surface area contributed by atoms with Crippen LogP contribution in [0.2, 0.25) is 0 Å². The number of carbonyl (C=O) groups is 1. The summed E-state index contributed by atoms with van der Waals surface area (Å²) in [6.45, 7) is 5.57. The fraction of sp³-hybridized carbons (Fsp3) is 0.250. The SMILES string of the molecule is CC(C)(C)OC(=O)N[C@@H](c1ccccc1)n1ccc2ccccc21. The van der Waals surface area contributed by atoms with Gasteiger partial charge in [0.1, 0.15) is 11.8 Å². The number of ether oxygens (including phenoxy) is 1. The van der Waals surface area contributed by atoms with Crippen LogP contribution in [0.1, 0.15) is 32.5 Å². The van der Waals surface area contributed by atoms with Crippen LogP contribution in [0.3, 0.4) is 0 Å². The number of hydrogen-bond acceptors (Lipinski definition) is 2. The van der Waals surface area contributed by atoms with Crippen LogP contribution >= 0.6 is 0 Å². The molecule has 0 radical (unpaired) electrons. The summed E-state index contributed by atoms with van der Waals surface area (Å²) in [7, 11) is 0. The molecule has 1 atom stereocenters. The van der Waals surface area contributed by atoms with Gasteiger partial charge in [-0.1, -0.05) is 48.5 Å². The van der Waals surface area contributed by atoms with Gasteiger partial charge in [-0.05, 0) is 43.9 Å². The quantitative estimate of drug-likeness (QED) is 0.758. The minimum absolute atomic E-state index is 0.332. The van der Waals surface area contributed by atoms with Crippen molar-refractivity contribution in [2.75, 3.05) is 0 Å². The van der Waals surface area contributed by atoms with E-state index in [4.69, 9.17) is 4.74 Å². The van der Waals surface area contributed by atoms with Crippen molar-refractivity contribution >= 4 is 17.0 Å². The molecule has 1 amide bonds. The first-order valence-corrected chi connectivity index (χ1v) is 8.04. The number of hydrogen-bond donors (Lipinski definition) is 1. The van der Waals surface area contributed by atoms with E-state index >= 15 is 0 Å². The van der Waals surface area contributed by atoms with E-state index in [1.54, 1.807) is 0 Å². The second kappa shape index (κ2) is 6.40. The van der Waals surface area contributed by atoms with E-state index in [2.05, 4.69) is 16.0 Å². The molecule has 0 spiro atoms. The maximum Gasteiger partial charge on any atom is 0.409 e. The number of amides is 1. The average molecular weight is 322 g/mol. The predicted molar refractivity (Wildman–Crippen MR) is 95.9 cm³/mol. The molecule has 0 unspecified atom stereocenters.